The van der Waals surface area contributed by atoms with Crippen LogP contribution in [0.15, 0.2) is 0 Å². The van der Waals surface area contributed by atoms with Gasteiger partial charge in [-0.2, -0.15) is 0 Å². The number of ether oxygens (including phenoxy) is 1. The molecule has 0 atom stereocenters. The molecular formula is C10H16O. The van der Waals surface area contributed by atoms with E-state index < -0.39 is 0 Å². The van der Waals surface area contributed by atoms with Crippen LogP contribution in [0.4, 0.5) is 0 Å². The van der Waals surface area contributed by atoms with Crippen LogP contribution < -0.4 is 0 Å². The maximum absolute atomic E-state index is 5.32. The zero-order valence-corrected chi connectivity index (χ0v) is 7.61. The molecule has 0 saturated carbocycles. The van der Waals surface area contributed by atoms with Crippen LogP contribution in [0.25, 0.3) is 0 Å². The maximum atomic E-state index is 5.32. The van der Waals surface area contributed by atoms with Crippen molar-refractivity contribution in [3.8, 4) is 12.3 Å². The molecule has 1 aliphatic rings. The molecule has 0 bridgehead atoms. The fraction of sp³-hybridized carbons (Fsp3) is 0.800. The number of terminal acetylenes is 1. The Morgan fingerprint density at radius 1 is 1.45 bits per heavy atom. The molecule has 0 spiro atoms. The summed E-state index contributed by atoms with van der Waals surface area (Å²) in [4.78, 5) is 0. The van der Waals surface area contributed by atoms with Crippen molar-refractivity contribution in [1.82, 2.24) is 0 Å². The molecule has 0 aliphatic carbocycles. The van der Waals surface area contributed by atoms with Crippen LogP contribution in [-0.4, -0.2) is 13.2 Å². The van der Waals surface area contributed by atoms with Crippen LogP contribution in [-0.2, 0) is 4.74 Å². The molecule has 62 valence electrons. The van der Waals surface area contributed by atoms with E-state index in [9.17, 15) is 0 Å². The highest BCUT2D eigenvalue weighted by molar-refractivity contribution is 5.03. The second kappa shape index (κ2) is 2.53. The van der Waals surface area contributed by atoms with E-state index in [1.807, 2.05) is 0 Å². The van der Waals surface area contributed by atoms with Crippen LogP contribution in [0.1, 0.15) is 27.2 Å². The first-order chi connectivity index (χ1) is 5.02. The van der Waals surface area contributed by atoms with Crippen LogP contribution in [0.5, 0.6) is 0 Å². The van der Waals surface area contributed by atoms with Crippen molar-refractivity contribution < 1.29 is 4.74 Å². The first-order valence-corrected chi connectivity index (χ1v) is 4.03. The molecule has 0 amide bonds. The molecule has 0 unspecified atom stereocenters. The van der Waals surface area contributed by atoms with E-state index in [0.717, 1.165) is 19.6 Å². The van der Waals surface area contributed by atoms with E-state index in [2.05, 4.69) is 26.7 Å². The lowest BCUT2D eigenvalue weighted by Crippen LogP contribution is -2.51. The third-order valence-electron chi connectivity index (χ3n) is 2.79. The molecule has 1 nitrogen and oxygen atoms in total. The van der Waals surface area contributed by atoms with Crippen molar-refractivity contribution in [2.45, 2.75) is 27.2 Å². The molecule has 1 heteroatoms. The molecule has 1 heterocycles. The SMILES string of the molecule is C#CCC1(C(C)(C)C)COC1. The first kappa shape index (κ1) is 8.62. The monoisotopic (exact) mass is 152 g/mol. The van der Waals surface area contributed by atoms with Crippen LogP contribution in [0.2, 0.25) is 0 Å². The molecule has 0 aromatic carbocycles. The van der Waals surface area contributed by atoms with Crippen LogP contribution in [0.3, 0.4) is 0 Å². The minimum absolute atomic E-state index is 0.252. The number of hydrogen-bond acceptors (Lipinski definition) is 1. The summed E-state index contributed by atoms with van der Waals surface area (Å²) in [6.07, 6.45) is 6.16. The summed E-state index contributed by atoms with van der Waals surface area (Å²) in [5.41, 5.74) is 0.527. The van der Waals surface area contributed by atoms with Gasteiger partial charge in [0.1, 0.15) is 0 Å². The highest BCUT2D eigenvalue weighted by Gasteiger charge is 2.47. The highest BCUT2D eigenvalue weighted by Crippen LogP contribution is 2.46. The molecule has 1 aliphatic heterocycles. The zero-order chi connectivity index (χ0) is 8.54. The van der Waals surface area contributed by atoms with Crippen molar-refractivity contribution in [3.63, 3.8) is 0 Å². The highest BCUT2D eigenvalue weighted by atomic mass is 16.5. The normalized spacial score (nSPS) is 22.0. The van der Waals surface area contributed by atoms with Gasteiger partial charge in [0.2, 0.25) is 0 Å². The van der Waals surface area contributed by atoms with Gasteiger partial charge in [-0.05, 0) is 5.41 Å². The van der Waals surface area contributed by atoms with E-state index in [1.54, 1.807) is 0 Å². The van der Waals surface area contributed by atoms with E-state index in [-0.39, 0.29) is 10.8 Å². The average molecular weight is 152 g/mol. The van der Waals surface area contributed by atoms with Gasteiger partial charge in [0.05, 0.1) is 13.2 Å². The molecule has 0 radical (unpaired) electrons. The van der Waals surface area contributed by atoms with Crippen molar-refractivity contribution in [3.05, 3.63) is 0 Å². The predicted octanol–water partition coefficient (Wildman–Crippen LogP) is 2.07. The van der Waals surface area contributed by atoms with Gasteiger partial charge in [-0.3, -0.25) is 0 Å². The standard InChI is InChI=1S/C10H16O/c1-5-6-10(7-11-8-10)9(2,3)4/h1H,6-8H2,2-4H3. The second-order valence-corrected chi connectivity index (χ2v) is 4.40. The third kappa shape index (κ3) is 1.28. The number of hydrogen-bond donors (Lipinski definition) is 0. The minimum atomic E-state index is 0.252. The third-order valence-corrected chi connectivity index (χ3v) is 2.79. The summed E-state index contributed by atoms with van der Waals surface area (Å²) in [5.74, 6) is 2.74. The van der Waals surface area contributed by atoms with E-state index in [1.165, 1.54) is 0 Å². The summed E-state index contributed by atoms with van der Waals surface area (Å²) in [5, 5.41) is 0. The van der Waals surface area contributed by atoms with Crippen molar-refractivity contribution >= 4 is 0 Å². The van der Waals surface area contributed by atoms with Gasteiger partial charge in [0.25, 0.3) is 0 Å². The Morgan fingerprint density at radius 3 is 2.09 bits per heavy atom. The predicted molar refractivity (Wildman–Crippen MR) is 46.2 cm³/mol. The molecule has 11 heavy (non-hydrogen) atoms. The molecule has 1 fully saturated rings. The van der Waals surface area contributed by atoms with Crippen LogP contribution >= 0.6 is 0 Å². The molecule has 0 aromatic heterocycles. The van der Waals surface area contributed by atoms with E-state index >= 15 is 0 Å². The van der Waals surface area contributed by atoms with Gasteiger partial charge in [-0.25, -0.2) is 0 Å². The van der Waals surface area contributed by atoms with Gasteiger partial charge in [0.15, 0.2) is 0 Å². The molecule has 1 saturated heterocycles. The summed E-state index contributed by atoms with van der Waals surface area (Å²) >= 11 is 0. The molecule has 0 N–H and O–H groups in total. The Hall–Kier alpha value is -0.480. The molecule has 1 rings (SSSR count). The Balaban J connectivity index is 2.69. The topological polar surface area (TPSA) is 9.23 Å². The molecular weight excluding hydrogens is 136 g/mol. The fourth-order valence-corrected chi connectivity index (χ4v) is 1.34. The van der Waals surface area contributed by atoms with E-state index in [4.69, 9.17) is 11.2 Å². The number of rotatable bonds is 1. The largest absolute Gasteiger partial charge is 0.380 e. The van der Waals surface area contributed by atoms with E-state index in [0.29, 0.717) is 0 Å². The van der Waals surface area contributed by atoms with Crippen molar-refractivity contribution in [2.24, 2.45) is 10.8 Å². The van der Waals surface area contributed by atoms with Gasteiger partial charge in [0, 0.05) is 11.8 Å². The molecule has 0 aromatic rings. The zero-order valence-electron chi connectivity index (χ0n) is 7.61. The fourth-order valence-electron chi connectivity index (χ4n) is 1.34. The summed E-state index contributed by atoms with van der Waals surface area (Å²) in [7, 11) is 0. The Labute approximate surface area is 69.1 Å². The Bertz CT molecular complexity index is 176. The quantitative estimate of drug-likeness (QED) is 0.523. The summed E-state index contributed by atoms with van der Waals surface area (Å²) < 4.78 is 5.22. The lowest BCUT2D eigenvalue weighted by Gasteiger charge is -2.50. The van der Waals surface area contributed by atoms with Crippen LogP contribution in [0, 0.1) is 23.2 Å². The Morgan fingerprint density at radius 2 is 2.00 bits per heavy atom. The van der Waals surface area contributed by atoms with Gasteiger partial charge < -0.3 is 4.74 Å². The lowest BCUT2D eigenvalue weighted by atomic mass is 9.63. The maximum Gasteiger partial charge on any atom is 0.0559 e. The summed E-state index contributed by atoms with van der Waals surface area (Å²) in [6.45, 7) is 8.36. The second-order valence-electron chi connectivity index (χ2n) is 4.40. The minimum Gasteiger partial charge on any atom is -0.380 e. The Kier molecular flexibility index (Phi) is 1.98. The summed E-state index contributed by atoms with van der Waals surface area (Å²) in [6, 6.07) is 0. The average Bonchev–Trinajstić information content (AvgIpc) is 1.75. The van der Waals surface area contributed by atoms with Gasteiger partial charge in [-0.15, -0.1) is 12.3 Å². The van der Waals surface area contributed by atoms with Gasteiger partial charge >= 0.3 is 0 Å². The van der Waals surface area contributed by atoms with Crippen molar-refractivity contribution in [1.29, 1.82) is 0 Å². The lowest BCUT2D eigenvalue weighted by molar-refractivity contribution is -0.166. The smallest absolute Gasteiger partial charge is 0.0559 e. The van der Waals surface area contributed by atoms with Crippen molar-refractivity contribution in [2.75, 3.05) is 13.2 Å². The first-order valence-electron chi connectivity index (χ1n) is 4.03. The van der Waals surface area contributed by atoms with Gasteiger partial charge in [-0.1, -0.05) is 20.8 Å².